The van der Waals surface area contributed by atoms with Crippen LogP contribution in [0.15, 0.2) is 35.2 Å². The summed E-state index contributed by atoms with van der Waals surface area (Å²) in [6.07, 6.45) is 0. The predicted molar refractivity (Wildman–Crippen MR) is 92.7 cm³/mol. The molecule has 2 N–H and O–H groups in total. The molecule has 128 valence electrons. The van der Waals surface area contributed by atoms with Crippen molar-refractivity contribution in [2.45, 2.75) is 31.0 Å². The minimum absolute atomic E-state index is 0.0147. The molecule has 1 heterocycles. The lowest BCUT2D eigenvalue weighted by Crippen LogP contribution is -2.20. The number of nitrogens with one attached hydrogen (secondary N) is 2. The summed E-state index contributed by atoms with van der Waals surface area (Å²) in [5.74, 6) is -0.352. The molecule has 0 saturated carbocycles. The van der Waals surface area contributed by atoms with Gasteiger partial charge in [-0.15, -0.1) is 11.6 Å². The Morgan fingerprint density at radius 3 is 2.17 bits per heavy atom. The molecule has 0 fully saturated rings. The number of sulfonamides is 1. The summed E-state index contributed by atoms with van der Waals surface area (Å²) in [5, 5.41) is 1.89. The maximum absolute atomic E-state index is 12.4. The summed E-state index contributed by atoms with van der Waals surface area (Å²) >= 11 is 5.67. The van der Waals surface area contributed by atoms with Gasteiger partial charge in [0.1, 0.15) is 5.38 Å². The van der Waals surface area contributed by atoms with Crippen LogP contribution in [0.4, 0.5) is 11.6 Å². The quantitative estimate of drug-likeness (QED) is 0.789. The maximum Gasteiger partial charge on any atom is 0.264 e. The van der Waals surface area contributed by atoms with Crippen molar-refractivity contribution in [2.75, 3.05) is 10.0 Å². The van der Waals surface area contributed by atoms with Gasteiger partial charge >= 0.3 is 0 Å². The van der Waals surface area contributed by atoms with Gasteiger partial charge in [-0.25, -0.2) is 23.1 Å². The zero-order chi connectivity index (χ0) is 17.9. The van der Waals surface area contributed by atoms with Gasteiger partial charge in [0.05, 0.1) is 4.90 Å². The van der Waals surface area contributed by atoms with E-state index in [9.17, 15) is 13.2 Å². The van der Waals surface area contributed by atoms with Crippen molar-refractivity contribution in [3.63, 3.8) is 0 Å². The van der Waals surface area contributed by atoms with Crippen LogP contribution in [0.2, 0.25) is 0 Å². The van der Waals surface area contributed by atoms with E-state index in [0.717, 1.165) is 0 Å². The topological polar surface area (TPSA) is 101 Å². The van der Waals surface area contributed by atoms with E-state index in [-0.39, 0.29) is 16.8 Å². The van der Waals surface area contributed by atoms with Gasteiger partial charge in [-0.1, -0.05) is 0 Å². The first kappa shape index (κ1) is 18.2. The Hall–Kier alpha value is -2.19. The van der Waals surface area contributed by atoms with Gasteiger partial charge < -0.3 is 5.32 Å². The first-order chi connectivity index (χ1) is 11.2. The molecule has 0 aliphatic carbocycles. The van der Waals surface area contributed by atoms with Crippen molar-refractivity contribution in [3.8, 4) is 0 Å². The normalized spacial score (nSPS) is 12.5. The molecular weight excluding hydrogens is 352 g/mol. The number of hydrogen-bond donors (Lipinski definition) is 2. The number of rotatable bonds is 5. The fraction of sp³-hybridized carbons (Fsp3) is 0.267. The number of nitrogens with zero attached hydrogens (tertiary/aromatic N) is 2. The molecule has 1 atom stereocenters. The summed E-state index contributed by atoms with van der Waals surface area (Å²) in [6.45, 7) is 5.05. The molecule has 2 rings (SSSR count). The number of halogens is 1. The van der Waals surface area contributed by atoms with Crippen LogP contribution in [-0.4, -0.2) is 29.7 Å². The molecule has 1 amide bonds. The van der Waals surface area contributed by atoms with Gasteiger partial charge in [0.25, 0.3) is 10.0 Å². The highest BCUT2D eigenvalue weighted by atomic mass is 35.5. The molecule has 0 aliphatic rings. The molecule has 9 heteroatoms. The third-order valence-electron chi connectivity index (χ3n) is 3.00. The highest BCUT2D eigenvalue weighted by Gasteiger charge is 2.16. The van der Waals surface area contributed by atoms with E-state index in [4.69, 9.17) is 11.6 Å². The van der Waals surface area contributed by atoms with E-state index in [0.29, 0.717) is 17.1 Å². The lowest BCUT2D eigenvalue weighted by atomic mass is 10.3. The summed E-state index contributed by atoms with van der Waals surface area (Å²) in [7, 11) is -3.82. The Morgan fingerprint density at radius 1 is 1.12 bits per heavy atom. The van der Waals surface area contributed by atoms with Crippen LogP contribution in [0.1, 0.15) is 18.3 Å². The summed E-state index contributed by atoms with van der Waals surface area (Å²) in [5.41, 5.74) is 1.77. The van der Waals surface area contributed by atoms with Crippen molar-refractivity contribution in [2.24, 2.45) is 0 Å². The number of carbonyl (C=O) groups is 1. The van der Waals surface area contributed by atoms with Crippen LogP contribution in [0.25, 0.3) is 0 Å². The maximum atomic E-state index is 12.4. The molecule has 7 nitrogen and oxygen atoms in total. The smallest absolute Gasteiger partial charge is 0.264 e. The second-order valence-electron chi connectivity index (χ2n) is 5.21. The lowest BCUT2D eigenvalue weighted by molar-refractivity contribution is -0.115. The standard InChI is InChI=1S/C15H17ClN4O3S/c1-9-8-10(2)18-15(17-9)20-24(22,23)13-6-4-12(5-7-13)19-14(21)11(3)16/h4-8,11H,1-3H3,(H,19,21)(H,17,18,20)/t11-/m1/s1. The van der Waals surface area contributed by atoms with E-state index in [1.165, 1.54) is 24.3 Å². The van der Waals surface area contributed by atoms with Crippen molar-refractivity contribution in [1.29, 1.82) is 0 Å². The van der Waals surface area contributed by atoms with Gasteiger partial charge in [-0.05, 0) is 51.1 Å². The number of amides is 1. The van der Waals surface area contributed by atoms with Gasteiger partial charge in [-0.2, -0.15) is 0 Å². The number of alkyl halides is 1. The molecule has 0 aliphatic heterocycles. The Balaban J connectivity index is 2.19. The molecule has 0 saturated heterocycles. The van der Waals surface area contributed by atoms with E-state index in [2.05, 4.69) is 20.0 Å². The van der Waals surface area contributed by atoms with Crippen LogP contribution in [0.3, 0.4) is 0 Å². The Bertz CT molecular complexity index is 831. The molecule has 2 aromatic rings. The van der Waals surface area contributed by atoms with E-state index >= 15 is 0 Å². The third kappa shape index (κ3) is 4.65. The highest BCUT2D eigenvalue weighted by molar-refractivity contribution is 7.92. The zero-order valence-electron chi connectivity index (χ0n) is 13.4. The highest BCUT2D eigenvalue weighted by Crippen LogP contribution is 2.17. The zero-order valence-corrected chi connectivity index (χ0v) is 14.9. The molecule has 1 aromatic carbocycles. The molecule has 0 spiro atoms. The van der Waals surface area contributed by atoms with Crippen molar-refractivity contribution < 1.29 is 13.2 Å². The van der Waals surface area contributed by atoms with E-state index < -0.39 is 15.4 Å². The predicted octanol–water partition coefficient (Wildman–Crippen LogP) is 2.46. The average Bonchev–Trinajstić information content (AvgIpc) is 2.46. The number of aromatic nitrogens is 2. The van der Waals surface area contributed by atoms with Crippen molar-refractivity contribution in [1.82, 2.24) is 9.97 Å². The van der Waals surface area contributed by atoms with Gasteiger partial charge in [-0.3, -0.25) is 4.79 Å². The number of hydrogen-bond acceptors (Lipinski definition) is 5. The van der Waals surface area contributed by atoms with Crippen molar-refractivity contribution >= 4 is 39.2 Å². The van der Waals surface area contributed by atoms with Crippen LogP contribution in [-0.2, 0) is 14.8 Å². The largest absolute Gasteiger partial charge is 0.325 e. The summed E-state index contributed by atoms with van der Waals surface area (Å²) in [4.78, 5) is 19.6. The fourth-order valence-electron chi connectivity index (χ4n) is 1.91. The van der Waals surface area contributed by atoms with E-state index in [1.54, 1.807) is 26.8 Å². The second-order valence-corrected chi connectivity index (χ2v) is 7.55. The number of aryl methyl sites for hydroxylation is 2. The summed E-state index contributed by atoms with van der Waals surface area (Å²) in [6, 6.07) is 7.45. The molecule has 0 bridgehead atoms. The first-order valence-corrected chi connectivity index (χ1v) is 8.99. The van der Waals surface area contributed by atoms with Crippen LogP contribution in [0.5, 0.6) is 0 Å². The number of carbonyl (C=O) groups excluding carboxylic acids is 1. The van der Waals surface area contributed by atoms with Crippen LogP contribution in [0, 0.1) is 13.8 Å². The molecule has 0 radical (unpaired) electrons. The van der Waals surface area contributed by atoms with Crippen molar-refractivity contribution in [3.05, 3.63) is 41.7 Å². The second kappa shape index (κ2) is 7.14. The first-order valence-electron chi connectivity index (χ1n) is 7.07. The number of anilines is 2. The van der Waals surface area contributed by atoms with Gasteiger partial charge in [0.15, 0.2) is 0 Å². The van der Waals surface area contributed by atoms with Crippen LogP contribution < -0.4 is 10.0 Å². The SMILES string of the molecule is Cc1cc(C)nc(NS(=O)(=O)c2ccc(NC(=O)[C@@H](C)Cl)cc2)n1. The molecule has 1 aromatic heterocycles. The van der Waals surface area contributed by atoms with Gasteiger partial charge in [0, 0.05) is 17.1 Å². The molecular formula is C15H17ClN4O3S. The third-order valence-corrected chi connectivity index (χ3v) is 4.54. The Labute approximate surface area is 145 Å². The average molecular weight is 369 g/mol. The molecule has 0 unspecified atom stereocenters. The minimum Gasteiger partial charge on any atom is -0.325 e. The summed E-state index contributed by atoms with van der Waals surface area (Å²) < 4.78 is 27.1. The van der Waals surface area contributed by atoms with E-state index in [1.807, 2.05) is 0 Å². The fourth-order valence-corrected chi connectivity index (χ4v) is 2.91. The Morgan fingerprint density at radius 2 is 1.67 bits per heavy atom. The minimum atomic E-state index is -3.82. The Kier molecular flexibility index (Phi) is 5.40. The van der Waals surface area contributed by atoms with Gasteiger partial charge in [0.2, 0.25) is 11.9 Å². The molecule has 24 heavy (non-hydrogen) atoms. The lowest BCUT2D eigenvalue weighted by Gasteiger charge is -2.10. The van der Waals surface area contributed by atoms with Crippen LogP contribution >= 0.6 is 11.6 Å². The monoisotopic (exact) mass is 368 g/mol. The number of benzene rings is 1.